The average Bonchev–Trinajstić information content (AvgIpc) is 3.03. The first-order valence-electron chi connectivity index (χ1n) is 10.1. The van der Waals surface area contributed by atoms with E-state index in [-0.39, 0.29) is 12.3 Å². The summed E-state index contributed by atoms with van der Waals surface area (Å²) in [7, 11) is 0. The highest BCUT2D eigenvalue weighted by atomic mass is 16.5. The number of hydrogen-bond donors (Lipinski definition) is 2. The topological polar surface area (TPSA) is 95.1 Å². The molecule has 0 saturated carbocycles. The van der Waals surface area contributed by atoms with E-state index in [4.69, 9.17) is 9.47 Å². The largest absolute Gasteiger partial charge is 0.462 e. The number of nitrogens with one attached hydrogen (secondary N) is 1. The molecule has 3 rings (SSSR count). The molecule has 0 radical (unpaired) electrons. The van der Waals surface area contributed by atoms with Crippen LogP contribution in [0.5, 0.6) is 0 Å². The number of piperidine rings is 1. The Kier molecular flexibility index (Phi) is 6.74. The monoisotopic (exact) mass is 393 g/mol. The first-order valence-corrected chi connectivity index (χ1v) is 10.1. The second-order valence-electron chi connectivity index (χ2n) is 7.72. The molecule has 2 fully saturated rings. The van der Waals surface area contributed by atoms with E-state index in [9.17, 15) is 14.7 Å². The predicted octanol–water partition coefficient (Wildman–Crippen LogP) is 0.728. The summed E-state index contributed by atoms with van der Waals surface area (Å²) in [5, 5.41) is 10.9. The molecule has 8 nitrogen and oxygen atoms in total. The van der Waals surface area contributed by atoms with E-state index in [2.05, 4.69) is 9.88 Å². The molecule has 2 aliphatic heterocycles. The Morgan fingerprint density at radius 2 is 1.93 bits per heavy atom. The first-order chi connectivity index (χ1) is 13.4. The third kappa shape index (κ3) is 4.92. The van der Waals surface area contributed by atoms with Crippen molar-refractivity contribution in [3.05, 3.63) is 23.0 Å². The van der Waals surface area contributed by atoms with Crippen LogP contribution in [-0.2, 0) is 20.7 Å². The number of carbonyl (C=O) groups excluding carboxylic acids is 2. The average molecular weight is 393 g/mol. The van der Waals surface area contributed by atoms with Crippen LogP contribution < -0.4 is 0 Å². The Balaban J connectivity index is 1.55. The van der Waals surface area contributed by atoms with E-state index in [0.717, 1.165) is 18.7 Å². The van der Waals surface area contributed by atoms with E-state index in [1.165, 1.54) is 0 Å². The number of aryl methyl sites for hydroxylation is 1. The van der Waals surface area contributed by atoms with Crippen molar-refractivity contribution in [1.29, 1.82) is 0 Å². The van der Waals surface area contributed by atoms with Crippen LogP contribution in [0.4, 0.5) is 0 Å². The van der Waals surface area contributed by atoms with Crippen LogP contribution in [0.1, 0.15) is 41.4 Å². The Bertz CT molecular complexity index is 688. The number of morpholine rings is 1. The summed E-state index contributed by atoms with van der Waals surface area (Å²) in [6.07, 6.45) is 2.98. The molecule has 0 spiro atoms. The molecule has 2 saturated heterocycles. The van der Waals surface area contributed by atoms with Crippen LogP contribution in [0.3, 0.4) is 0 Å². The third-order valence-electron chi connectivity index (χ3n) is 5.64. The van der Waals surface area contributed by atoms with Gasteiger partial charge in [0.25, 0.3) is 0 Å². The van der Waals surface area contributed by atoms with Crippen molar-refractivity contribution in [3.8, 4) is 0 Å². The van der Waals surface area contributed by atoms with Crippen LogP contribution in [0.15, 0.2) is 6.20 Å². The number of hydrogen-bond acceptors (Lipinski definition) is 6. The standard InChI is InChI=1S/C20H31N3O5/c1-3-28-19(25)18-15(2)13-21-16(18)12-17(24)23-6-4-20(26,5-7-23)14-22-8-10-27-11-9-22/h13,21,26H,3-12,14H2,1-2H3. The number of ether oxygens (including phenoxy) is 2. The van der Waals surface area contributed by atoms with Gasteiger partial charge in [-0.3, -0.25) is 9.69 Å². The lowest BCUT2D eigenvalue weighted by Crippen LogP contribution is -2.54. The molecular formula is C20H31N3O5. The Labute approximate surface area is 165 Å². The van der Waals surface area contributed by atoms with Gasteiger partial charge in [-0.1, -0.05) is 0 Å². The zero-order valence-electron chi connectivity index (χ0n) is 16.8. The lowest BCUT2D eigenvalue weighted by Gasteiger charge is -2.41. The molecule has 1 aromatic heterocycles. The number of likely N-dealkylation sites (tertiary alicyclic amines) is 1. The van der Waals surface area contributed by atoms with Gasteiger partial charge in [-0.25, -0.2) is 4.79 Å². The zero-order chi connectivity index (χ0) is 20.1. The van der Waals surface area contributed by atoms with Crippen LogP contribution in [-0.4, -0.2) is 89.9 Å². The Morgan fingerprint density at radius 3 is 2.57 bits per heavy atom. The van der Waals surface area contributed by atoms with Crippen molar-refractivity contribution in [2.24, 2.45) is 0 Å². The summed E-state index contributed by atoms with van der Waals surface area (Å²) >= 11 is 0. The molecule has 1 amide bonds. The summed E-state index contributed by atoms with van der Waals surface area (Å²) in [5.41, 5.74) is 1.07. The number of nitrogens with zero attached hydrogens (tertiary/aromatic N) is 2. The summed E-state index contributed by atoms with van der Waals surface area (Å²) in [6, 6.07) is 0. The molecule has 8 heteroatoms. The van der Waals surface area contributed by atoms with Crippen LogP contribution in [0.2, 0.25) is 0 Å². The van der Waals surface area contributed by atoms with Gasteiger partial charge in [0.05, 0.1) is 37.4 Å². The highest BCUT2D eigenvalue weighted by molar-refractivity contribution is 5.94. The van der Waals surface area contributed by atoms with E-state index in [1.807, 2.05) is 6.92 Å². The Morgan fingerprint density at radius 1 is 1.25 bits per heavy atom. The van der Waals surface area contributed by atoms with Gasteiger partial charge in [-0.15, -0.1) is 0 Å². The minimum Gasteiger partial charge on any atom is -0.462 e. The lowest BCUT2D eigenvalue weighted by molar-refractivity contribution is -0.135. The molecule has 1 aromatic rings. The maximum Gasteiger partial charge on any atom is 0.340 e. The van der Waals surface area contributed by atoms with Crippen molar-refractivity contribution in [2.75, 3.05) is 52.5 Å². The Hall–Kier alpha value is -1.90. The first kappa shape index (κ1) is 20.8. The van der Waals surface area contributed by atoms with E-state index in [1.54, 1.807) is 18.0 Å². The number of aromatic amines is 1. The minimum absolute atomic E-state index is 0.0409. The fourth-order valence-electron chi connectivity index (χ4n) is 3.97. The van der Waals surface area contributed by atoms with Gasteiger partial charge in [0, 0.05) is 44.6 Å². The lowest BCUT2D eigenvalue weighted by atomic mass is 9.90. The van der Waals surface area contributed by atoms with Crippen molar-refractivity contribution in [1.82, 2.24) is 14.8 Å². The highest BCUT2D eigenvalue weighted by Crippen LogP contribution is 2.25. The van der Waals surface area contributed by atoms with Gasteiger partial charge in [0.1, 0.15) is 0 Å². The molecule has 0 bridgehead atoms. The van der Waals surface area contributed by atoms with Gasteiger partial charge >= 0.3 is 5.97 Å². The minimum atomic E-state index is -0.757. The summed E-state index contributed by atoms with van der Waals surface area (Å²) in [6.45, 7) is 8.65. The smallest absolute Gasteiger partial charge is 0.340 e. The molecule has 0 unspecified atom stereocenters. The molecule has 28 heavy (non-hydrogen) atoms. The van der Waals surface area contributed by atoms with Gasteiger partial charge in [-0.2, -0.15) is 0 Å². The number of aliphatic hydroxyl groups is 1. The van der Waals surface area contributed by atoms with Crippen molar-refractivity contribution >= 4 is 11.9 Å². The molecule has 2 aliphatic rings. The van der Waals surface area contributed by atoms with Crippen LogP contribution >= 0.6 is 0 Å². The molecule has 2 N–H and O–H groups in total. The number of β-amino-alcohol motifs (C(OH)–C–C–N with tert-alkyl or cyclic N) is 1. The number of rotatable bonds is 6. The molecule has 0 aliphatic carbocycles. The maximum atomic E-state index is 12.8. The molecule has 3 heterocycles. The van der Waals surface area contributed by atoms with E-state index in [0.29, 0.717) is 63.6 Å². The summed E-state index contributed by atoms with van der Waals surface area (Å²) in [5.74, 6) is -0.441. The normalized spacial score (nSPS) is 20.2. The zero-order valence-corrected chi connectivity index (χ0v) is 16.8. The molecule has 0 aromatic carbocycles. The highest BCUT2D eigenvalue weighted by Gasteiger charge is 2.36. The van der Waals surface area contributed by atoms with Gasteiger partial charge < -0.3 is 24.5 Å². The van der Waals surface area contributed by atoms with Gasteiger partial charge in [0.2, 0.25) is 5.91 Å². The number of amides is 1. The van der Waals surface area contributed by atoms with Crippen LogP contribution in [0.25, 0.3) is 0 Å². The van der Waals surface area contributed by atoms with E-state index < -0.39 is 11.6 Å². The maximum absolute atomic E-state index is 12.8. The van der Waals surface area contributed by atoms with Gasteiger partial charge in [0.15, 0.2) is 0 Å². The summed E-state index contributed by atoms with van der Waals surface area (Å²) < 4.78 is 10.5. The third-order valence-corrected chi connectivity index (χ3v) is 5.64. The quantitative estimate of drug-likeness (QED) is 0.692. The van der Waals surface area contributed by atoms with Crippen molar-refractivity contribution in [3.63, 3.8) is 0 Å². The number of H-pyrrole nitrogens is 1. The number of carbonyl (C=O) groups is 2. The van der Waals surface area contributed by atoms with Gasteiger partial charge in [-0.05, 0) is 32.3 Å². The van der Waals surface area contributed by atoms with E-state index >= 15 is 0 Å². The molecule has 156 valence electrons. The second kappa shape index (κ2) is 9.07. The van der Waals surface area contributed by atoms with Crippen molar-refractivity contribution in [2.45, 2.75) is 38.7 Å². The SMILES string of the molecule is CCOC(=O)c1c(C)c[nH]c1CC(=O)N1CCC(O)(CN2CCOCC2)CC1. The fourth-order valence-corrected chi connectivity index (χ4v) is 3.97. The fraction of sp³-hybridized carbons (Fsp3) is 0.700. The number of esters is 1. The predicted molar refractivity (Wildman–Crippen MR) is 103 cm³/mol. The van der Waals surface area contributed by atoms with Crippen molar-refractivity contribution < 1.29 is 24.2 Å². The molecular weight excluding hydrogens is 362 g/mol. The summed E-state index contributed by atoms with van der Waals surface area (Å²) in [4.78, 5) is 32.0. The number of aromatic nitrogens is 1. The molecule has 0 atom stereocenters. The second-order valence-corrected chi connectivity index (χ2v) is 7.72. The van der Waals surface area contributed by atoms with Crippen LogP contribution in [0, 0.1) is 6.92 Å².